The molecule has 136 valence electrons. The smallest absolute Gasteiger partial charge is 0.320 e. The molecule has 0 aliphatic carbocycles. The van der Waals surface area contributed by atoms with Crippen molar-refractivity contribution in [2.24, 2.45) is 5.73 Å². The van der Waals surface area contributed by atoms with Gasteiger partial charge in [0.1, 0.15) is 5.82 Å². The highest BCUT2D eigenvalue weighted by atomic mass is 19.1. The zero-order valence-corrected chi connectivity index (χ0v) is 14.8. The van der Waals surface area contributed by atoms with Crippen molar-refractivity contribution in [3.8, 4) is 11.1 Å². The summed E-state index contributed by atoms with van der Waals surface area (Å²) in [6.07, 6.45) is 2.28. The summed E-state index contributed by atoms with van der Waals surface area (Å²) in [7, 11) is 0. The number of carbonyl (C=O) groups is 1. The third-order valence-electron chi connectivity index (χ3n) is 5.56. The molecular formula is C21H24FN3O. The van der Waals surface area contributed by atoms with Crippen molar-refractivity contribution in [2.45, 2.75) is 31.3 Å². The highest BCUT2D eigenvalue weighted by Crippen LogP contribution is 2.29. The molecule has 2 fully saturated rings. The van der Waals surface area contributed by atoms with Crippen LogP contribution in [0.25, 0.3) is 11.1 Å². The molecule has 2 unspecified atom stereocenters. The molecule has 26 heavy (non-hydrogen) atoms. The molecule has 0 aromatic heterocycles. The molecule has 2 amide bonds. The molecule has 2 aromatic rings. The number of nitrogens with two attached hydrogens (primary N) is 1. The third-order valence-corrected chi connectivity index (χ3v) is 5.56. The summed E-state index contributed by atoms with van der Waals surface area (Å²) in [4.78, 5) is 16.3. The lowest BCUT2D eigenvalue weighted by molar-refractivity contribution is 0.121. The summed E-state index contributed by atoms with van der Waals surface area (Å²) in [5, 5.41) is 0. The van der Waals surface area contributed by atoms with Gasteiger partial charge >= 0.3 is 6.03 Å². The van der Waals surface area contributed by atoms with Crippen molar-refractivity contribution in [3.63, 3.8) is 0 Å². The number of urea groups is 1. The maximum absolute atomic E-state index is 15.1. The molecule has 2 saturated heterocycles. The van der Waals surface area contributed by atoms with Gasteiger partial charge in [0.2, 0.25) is 0 Å². The first kappa shape index (κ1) is 17.0. The summed E-state index contributed by atoms with van der Waals surface area (Å²) in [6.45, 7) is 2.28. The maximum atomic E-state index is 15.1. The summed E-state index contributed by atoms with van der Waals surface area (Å²) in [6, 6.07) is 14.8. The van der Waals surface area contributed by atoms with Crippen molar-refractivity contribution in [3.05, 3.63) is 59.9 Å². The topological polar surface area (TPSA) is 49.6 Å². The molecule has 4 rings (SSSR count). The number of nitrogens with zero attached hydrogens (tertiary/aromatic N) is 2. The second-order valence-corrected chi connectivity index (χ2v) is 7.19. The Morgan fingerprint density at radius 2 is 1.85 bits per heavy atom. The van der Waals surface area contributed by atoms with E-state index in [4.69, 9.17) is 5.73 Å². The van der Waals surface area contributed by atoms with E-state index in [0.717, 1.165) is 31.5 Å². The number of carbonyl (C=O) groups excluding carboxylic acids is 1. The third kappa shape index (κ3) is 3.07. The van der Waals surface area contributed by atoms with Crippen LogP contribution in [0.3, 0.4) is 0 Å². The predicted octanol–water partition coefficient (Wildman–Crippen LogP) is 3.26. The van der Waals surface area contributed by atoms with Crippen LogP contribution in [0.1, 0.15) is 18.4 Å². The van der Waals surface area contributed by atoms with Gasteiger partial charge in [0, 0.05) is 31.2 Å². The van der Waals surface area contributed by atoms with Gasteiger partial charge in [-0.25, -0.2) is 9.18 Å². The number of rotatable bonds is 3. The molecular weight excluding hydrogens is 329 g/mol. The van der Waals surface area contributed by atoms with Gasteiger partial charge in [-0.2, -0.15) is 0 Å². The van der Waals surface area contributed by atoms with E-state index in [9.17, 15) is 4.79 Å². The van der Waals surface area contributed by atoms with E-state index in [1.165, 1.54) is 0 Å². The van der Waals surface area contributed by atoms with E-state index in [1.54, 1.807) is 12.1 Å². The van der Waals surface area contributed by atoms with Crippen molar-refractivity contribution >= 4 is 6.03 Å². The van der Waals surface area contributed by atoms with Crippen LogP contribution in [0.2, 0.25) is 0 Å². The maximum Gasteiger partial charge on any atom is 0.320 e. The Labute approximate surface area is 153 Å². The number of hydrogen-bond acceptors (Lipinski definition) is 2. The van der Waals surface area contributed by atoms with E-state index in [0.29, 0.717) is 24.1 Å². The fourth-order valence-corrected chi connectivity index (χ4v) is 3.87. The lowest BCUT2D eigenvalue weighted by Gasteiger charge is -2.37. The minimum Gasteiger partial charge on any atom is -0.326 e. The van der Waals surface area contributed by atoms with E-state index >= 15 is 4.39 Å². The molecule has 2 aromatic carbocycles. The van der Waals surface area contributed by atoms with Gasteiger partial charge in [0.25, 0.3) is 0 Å². The summed E-state index contributed by atoms with van der Waals surface area (Å²) >= 11 is 0. The second kappa shape index (κ2) is 7.08. The van der Waals surface area contributed by atoms with Crippen molar-refractivity contribution < 1.29 is 9.18 Å². The van der Waals surface area contributed by atoms with Crippen LogP contribution in [0.4, 0.5) is 9.18 Å². The molecule has 0 saturated carbocycles. The number of likely N-dealkylation sites (tertiary alicyclic amines) is 2. The van der Waals surface area contributed by atoms with Gasteiger partial charge in [0.05, 0.1) is 6.04 Å². The van der Waals surface area contributed by atoms with Crippen LogP contribution in [0.5, 0.6) is 0 Å². The molecule has 2 atom stereocenters. The van der Waals surface area contributed by atoms with Crippen molar-refractivity contribution in [1.82, 2.24) is 9.80 Å². The van der Waals surface area contributed by atoms with Crippen molar-refractivity contribution in [2.75, 3.05) is 19.6 Å². The molecule has 2 N–H and O–H groups in total. The zero-order valence-electron chi connectivity index (χ0n) is 14.8. The van der Waals surface area contributed by atoms with Gasteiger partial charge in [0.15, 0.2) is 0 Å². The van der Waals surface area contributed by atoms with E-state index in [1.807, 2.05) is 46.2 Å². The predicted molar refractivity (Wildman–Crippen MR) is 100 cm³/mol. The van der Waals surface area contributed by atoms with E-state index < -0.39 is 0 Å². The minimum atomic E-state index is -0.214. The minimum absolute atomic E-state index is 0.0498. The lowest BCUT2D eigenvalue weighted by Crippen LogP contribution is -2.53. The standard InChI is InChI=1S/C21H24FN3O/c22-20-16(8-4-9-17(20)15-6-2-1-3-7-15)14-19-18(23)10-13-25(19)21(26)24-11-5-12-24/h1-4,6-9,18-19H,5,10-14,23H2. The Balaban J connectivity index is 1.58. The second-order valence-electron chi connectivity index (χ2n) is 7.19. The monoisotopic (exact) mass is 353 g/mol. The first-order valence-corrected chi connectivity index (χ1v) is 9.29. The van der Waals surface area contributed by atoms with E-state index in [-0.39, 0.29) is 23.9 Å². The molecule has 0 radical (unpaired) electrons. The van der Waals surface area contributed by atoms with Crippen LogP contribution in [0.15, 0.2) is 48.5 Å². The SMILES string of the molecule is NC1CCN(C(=O)N2CCC2)C1Cc1cccc(-c2ccccc2)c1F. The quantitative estimate of drug-likeness (QED) is 0.921. The van der Waals surface area contributed by atoms with Gasteiger partial charge in [-0.1, -0.05) is 48.5 Å². The summed E-state index contributed by atoms with van der Waals surface area (Å²) in [5.74, 6) is -0.214. The van der Waals surface area contributed by atoms with Gasteiger partial charge < -0.3 is 15.5 Å². The van der Waals surface area contributed by atoms with Gasteiger partial charge in [-0.15, -0.1) is 0 Å². The van der Waals surface area contributed by atoms with Crippen molar-refractivity contribution in [1.29, 1.82) is 0 Å². The highest BCUT2D eigenvalue weighted by molar-refractivity contribution is 5.76. The first-order valence-electron chi connectivity index (χ1n) is 9.29. The Hall–Kier alpha value is -2.40. The van der Waals surface area contributed by atoms with Crippen LogP contribution in [-0.2, 0) is 6.42 Å². The molecule has 0 bridgehead atoms. The van der Waals surface area contributed by atoms with Crippen LogP contribution in [-0.4, -0.2) is 47.5 Å². The van der Waals surface area contributed by atoms with E-state index in [2.05, 4.69) is 0 Å². The molecule has 0 spiro atoms. The average Bonchev–Trinajstić information content (AvgIpc) is 2.97. The normalized spacial score (nSPS) is 22.4. The summed E-state index contributed by atoms with van der Waals surface area (Å²) < 4.78 is 15.1. The number of benzene rings is 2. The number of hydrogen-bond donors (Lipinski definition) is 1. The molecule has 2 aliphatic rings. The number of amides is 2. The molecule has 5 heteroatoms. The Morgan fingerprint density at radius 1 is 1.08 bits per heavy atom. The molecule has 2 aliphatic heterocycles. The average molecular weight is 353 g/mol. The van der Waals surface area contributed by atoms with Gasteiger partial charge in [-0.3, -0.25) is 0 Å². The summed E-state index contributed by atoms with van der Waals surface area (Å²) in [5.41, 5.74) is 8.35. The largest absolute Gasteiger partial charge is 0.326 e. The molecule has 4 nitrogen and oxygen atoms in total. The fourth-order valence-electron chi connectivity index (χ4n) is 3.87. The number of halogens is 1. The Morgan fingerprint density at radius 3 is 2.54 bits per heavy atom. The first-order chi connectivity index (χ1) is 12.6. The fraction of sp³-hybridized carbons (Fsp3) is 0.381. The lowest BCUT2D eigenvalue weighted by atomic mass is 9.96. The Bertz CT molecular complexity index is 791. The van der Waals surface area contributed by atoms with Crippen LogP contribution < -0.4 is 5.73 Å². The van der Waals surface area contributed by atoms with Gasteiger partial charge in [-0.05, 0) is 30.4 Å². The highest BCUT2D eigenvalue weighted by Gasteiger charge is 2.38. The van der Waals surface area contributed by atoms with Crippen LogP contribution in [0, 0.1) is 5.82 Å². The zero-order chi connectivity index (χ0) is 18.1. The Kier molecular flexibility index (Phi) is 4.64. The van der Waals surface area contributed by atoms with Crippen LogP contribution >= 0.6 is 0 Å². The molecule has 2 heterocycles.